The molecule has 2 heterocycles. The van der Waals surface area contributed by atoms with Gasteiger partial charge in [0.05, 0.1) is 5.56 Å². The monoisotopic (exact) mass is 272 g/mol. The number of carbonyl (C=O) groups is 1. The van der Waals surface area contributed by atoms with Crippen LogP contribution in [0.2, 0.25) is 0 Å². The van der Waals surface area contributed by atoms with E-state index < -0.39 is 15.8 Å². The molecule has 17 heavy (non-hydrogen) atoms. The molecule has 0 saturated carbocycles. The molecule has 0 bridgehead atoms. The molecule has 0 aromatic carbocycles. The van der Waals surface area contributed by atoms with Gasteiger partial charge < -0.3 is 9.52 Å². The van der Waals surface area contributed by atoms with Gasteiger partial charge in [0.2, 0.25) is 0 Å². The summed E-state index contributed by atoms with van der Waals surface area (Å²) in [4.78, 5) is 10.6. The number of carboxylic acid groups (broad SMARTS) is 1. The fraction of sp³-hybridized carbons (Fsp3) is 0.100. The Hall–Kier alpha value is -1.60. The fourth-order valence-electron chi connectivity index (χ4n) is 1.27. The fourth-order valence-corrected chi connectivity index (χ4v) is 3.60. The molecule has 0 radical (unpaired) electrons. The van der Waals surface area contributed by atoms with Gasteiger partial charge >= 0.3 is 5.97 Å². The van der Waals surface area contributed by atoms with Crippen molar-refractivity contribution in [2.24, 2.45) is 0 Å². The number of sulfone groups is 1. The van der Waals surface area contributed by atoms with Gasteiger partial charge in [0.15, 0.2) is 9.84 Å². The molecule has 2 aromatic rings. The van der Waals surface area contributed by atoms with Crippen molar-refractivity contribution in [2.45, 2.75) is 9.96 Å². The first-order chi connectivity index (χ1) is 7.99. The molecule has 0 fully saturated rings. The Morgan fingerprint density at radius 1 is 1.47 bits per heavy atom. The van der Waals surface area contributed by atoms with Gasteiger partial charge in [-0.1, -0.05) is 6.07 Å². The quantitative estimate of drug-likeness (QED) is 0.920. The summed E-state index contributed by atoms with van der Waals surface area (Å²) in [6.07, 6.45) is 1.03. The van der Waals surface area contributed by atoms with Crippen LogP contribution in [0.15, 0.2) is 38.5 Å². The standard InChI is InChI=1S/C10H8O5S2/c11-10(12)7-4-8(15-5-7)6-17(13,14)9-2-1-3-16-9/h1-5H,6H2,(H,11,12). The van der Waals surface area contributed by atoms with E-state index >= 15 is 0 Å². The molecule has 0 aliphatic carbocycles. The number of rotatable bonds is 4. The summed E-state index contributed by atoms with van der Waals surface area (Å²) >= 11 is 1.12. The van der Waals surface area contributed by atoms with Crippen molar-refractivity contribution in [1.29, 1.82) is 0 Å². The lowest BCUT2D eigenvalue weighted by molar-refractivity contribution is 0.0696. The van der Waals surface area contributed by atoms with E-state index in [1.165, 1.54) is 12.1 Å². The molecule has 0 saturated heterocycles. The summed E-state index contributed by atoms with van der Waals surface area (Å²) in [6, 6.07) is 4.36. The normalized spacial score (nSPS) is 11.5. The summed E-state index contributed by atoms with van der Waals surface area (Å²) in [7, 11) is -3.45. The Morgan fingerprint density at radius 2 is 2.24 bits per heavy atom. The molecule has 0 atom stereocenters. The maximum Gasteiger partial charge on any atom is 0.338 e. The smallest absolute Gasteiger partial charge is 0.338 e. The third kappa shape index (κ3) is 2.56. The Labute approximate surface area is 101 Å². The van der Waals surface area contributed by atoms with Gasteiger partial charge in [0, 0.05) is 0 Å². The first-order valence-corrected chi connectivity index (χ1v) is 7.09. The number of hydrogen-bond acceptors (Lipinski definition) is 5. The molecular formula is C10H8O5S2. The molecule has 2 rings (SSSR count). The molecule has 0 aliphatic rings. The number of thiophene rings is 1. The largest absolute Gasteiger partial charge is 0.478 e. The van der Waals surface area contributed by atoms with Crippen molar-refractivity contribution in [1.82, 2.24) is 0 Å². The van der Waals surface area contributed by atoms with Crippen molar-refractivity contribution >= 4 is 27.1 Å². The van der Waals surface area contributed by atoms with Gasteiger partial charge in [-0.15, -0.1) is 11.3 Å². The molecule has 90 valence electrons. The molecular weight excluding hydrogens is 264 g/mol. The average molecular weight is 272 g/mol. The highest BCUT2D eigenvalue weighted by molar-refractivity contribution is 7.92. The van der Waals surface area contributed by atoms with Crippen molar-refractivity contribution < 1.29 is 22.7 Å². The minimum Gasteiger partial charge on any atom is -0.478 e. The van der Waals surface area contributed by atoms with Crippen molar-refractivity contribution in [3.05, 3.63) is 41.2 Å². The summed E-state index contributed by atoms with van der Waals surface area (Å²) in [6.45, 7) is 0. The Balaban J connectivity index is 2.24. The van der Waals surface area contributed by atoms with Crippen LogP contribution in [0.3, 0.4) is 0 Å². The average Bonchev–Trinajstić information content (AvgIpc) is 2.85. The molecule has 0 unspecified atom stereocenters. The van der Waals surface area contributed by atoms with Crippen molar-refractivity contribution in [3.8, 4) is 0 Å². The Morgan fingerprint density at radius 3 is 2.76 bits per heavy atom. The highest BCUT2D eigenvalue weighted by Crippen LogP contribution is 2.22. The highest BCUT2D eigenvalue weighted by atomic mass is 32.2. The topological polar surface area (TPSA) is 84.6 Å². The van der Waals surface area contributed by atoms with Gasteiger partial charge in [-0.3, -0.25) is 0 Å². The Kier molecular flexibility index (Phi) is 3.03. The van der Waals surface area contributed by atoms with Crippen LogP contribution in [0.5, 0.6) is 0 Å². The maximum absolute atomic E-state index is 11.8. The van der Waals surface area contributed by atoms with E-state index in [4.69, 9.17) is 9.52 Å². The molecule has 5 nitrogen and oxygen atoms in total. The third-order valence-corrected chi connectivity index (χ3v) is 5.16. The van der Waals surface area contributed by atoms with Gasteiger partial charge in [0.1, 0.15) is 22.0 Å². The minimum atomic E-state index is -3.45. The van der Waals surface area contributed by atoms with E-state index in [1.807, 2.05) is 0 Å². The zero-order valence-electron chi connectivity index (χ0n) is 8.49. The van der Waals surface area contributed by atoms with Crippen LogP contribution in [-0.4, -0.2) is 19.5 Å². The summed E-state index contributed by atoms with van der Waals surface area (Å²) in [5.41, 5.74) is -0.0543. The van der Waals surface area contributed by atoms with Crippen LogP contribution < -0.4 is 0 Å². The molecule has 0 spiro atoms. The predicted octanol–water partition coefficient (Wildman–Crippen LogP) is 2.01. The molecule has 1 N–H and O–H groups in total. The van der Waals surface area contributed by atoms with Crippen LogP contribution in [0.4, 0.5) is 0 Å². The van der Waals surface area contributed by atoms with E-state index in [2.05, 4.69) is 0 Å². The van der Waals surface area contributed by atoms with E-state index in [0.717, 1.165) is 17.6 Å². The van der Waals surface area contributed by atoms with Crippen molar-refractivity contribution in [3.63, 3.8) is 0 Å². The second kappa shape index (κ2) is 4.34. The van der Waals surface area contributed by atoms with Crippen LogP contribution >= 0.6 is 11.3 Å². The lowest BCUT2D eigenvalue weighted by Gasteiger charge is -1.97. The first kappa shape index (κ1) is 11.9. The van der Waals surface area contributed by atoms with E-state index in [9.17, 15) is 13.2 Å². The molecule has 0 amide bonds. The summed E-state index contributed by atoms with van der Waals surface area (Å²) in [5, 5.41) is 10.3. The number of hydrogen-bond donors (Lipinski definition) is 1. The van der Waals surface area contributed by atoms with Gasteiger partial charge in [-0.2, -0.15) is 0 Å². The van der Waals surface area contributed by atoms with Crippen molar-refractivity contribution in [2.75, 3.05) is 0 Å². The van der Waals surface area contributed by atoms with Crippen LogP contribution in [0.25, 0.3) is 0 Å². The molecule has 0 aliphatic heterocycles. The SMILES string of the molecule is O=C(O)c1coc(CS(=O)(=O)c2cccs2)c1. The number of aromatic carboxylic acids is 1. The molecule has 7 heteroatoms. The van der Waals surface area contributed by atoms with Gasteiger partial charge in [-0.05, 0) is 17.5 Å². The Bertz CT molecular complexity index is 621. The molecule has 2 aromatic heterocycles. The number of furan rings is 1. The highest BCUT2D eigenvalue weighted by Gasteiger charge is 2.19. The lowest BCUT2D eigenvalue weighted by Crippen LogP contribution is -2.02. The summed E-state index contributed by atoms with van der Waals surface area (Å²) in [5.74, 6) is -1.36. The second-order valence-corrected chi connectivity index (χ2v) is 6.46. The maximum atomic E-state index is 11.8. The van der Waals surface area contributed by atoms with Crippen LogP contribution in [0.1, 0.15) is 16.1 Å². The van der Waals surface area contributed by atoms with E-state index in [0.29, 0.717) is 0 Å². The zero-order valence-corrected chi connectivity index (χ0v) is 10.1. The van der Waals surface area contributed by atoms with Gasteiger partial charge in [0.25, 0.3) is 0 Å². The first-order valence-electron chi connectivity index (χ1n) is 4.56. The van der Waals surface area contributed by atoms with Gasteiger partial charge in [-0.25, -0.2) is 13.2 Å². The summed E-state index contributed by atoms with van der Waals surface area (Å²) < 4.78 is 28.8. The van der Waals surface area contributed by atoms with Crippen LogP contribution in [-0.2, 0) is 15.6 Å². The predicted molar refractivity (Wildman–Crippen MR) is 60.9 cm³/mol. The zero-order chi connectivity index (χ0) is 12.5. The van der Waals surface area contributed by atoms with Crippen LogP contribution in [0, 0.1) is 0 Å². The number of carboxylic acids is 1. The second-order valence-electron chi connectivity index (χ2n) is 3.30. The third-order valence-electron chi connectivity index (χ3n) is 2.03. The lowest BCUT2D eigenvalue weighted by atomic mass is 10.3. The van der Waals surface area contributed by atoms with E-state index in [1.54, 1.807) is 11.4 Å². The minimum absolute atomic E-state index is 0.0543. The van der Waals surface area contributed by atoms with E-state index in [-0.39, 0.29) is 21.3 Å².